The molecule has 45 heavy (non-hydrogen) atoms. The lowest BCUT2D eigenvalue weighted by atomic mass is 9.97. The van der Waals surface area contributed by atoms with Gasteiger partial charge in [0, 0.05) is 25.7 Å². The monoisotopic (exact) mass is 616 g/mol. The Labute approximate surface area is 261 Å². The Bertz CT molecular complexity index is 1530. The summed E-state index contributed by atoms with van der Waals surface area (Å²) in [5.74, 6) is 0.155. The summed E-state index contributed by atoms with van der Waals surface area (Å²) in [6, 6.07) is 15.8. The highest BCUT2D eigenvalue weighted by molar-refractivity contribution is 5.69. The van der Waals surface area contributed by atoms with Crippen molar-refractivity contribution in [3.05, 3.63) is 71.0 Å². The van der Waals surface area contributed by atoms with Crippen LogP contribution in [0.4, 0.5) is 15.0 Å². The Kier molecular flexibility index (Phi) is 9.16. The van der Waals surface area contributed by atoms with Gasteiger partial charge in [0.25, 0.3) is 0 Å². The number of likely N-dealkylation sites (N-methyl/N-ethyl adjacent to an activating group) is 1. The van der Waals surface area contributed by atoms with Crippen LogP contribution in [0, 0.1) is 17.1 Å². The van der Waals surface area contributed by atoms with Crippen molar-refractivity contribution in [1.82, 2.24) is 19.8 Å². The third-order valence-corrected chi connectivity index (χ3v) is 8.81. The van der Waals surface area contributed by atoms with Crippen LogP contribution in [0.1, 0.15) is 48.5 Å². The number of ether oxygens (including phenoxy) is 3. The number of phenols is 1. The van der Waals surface area contributed by atoms with Gasteiger partial charge in [0.2, 0.25) is 5.88 Å². The normalized spacial score (nSPS) is 21.5. The minimum absolute atomic E-state index is 0.0927. The summed E-state index contributed by atoms with van der Waals surface area (Å²) >= 11 is 0. The number of fused-ring (bicyclic) bond motifs is 1. The molecule has 0 bridgehead atoms. The number of nitrogens with zero attached hydrogens (tertiary/aromatic N) is 6. The van der Waals surface area contributed by atoms with E-state index in [2.05, 4.69) is 23.0 Å². The minimum Gasteiger partial charge on any atom is -0.507 e. The van der Waals surface area contributed by atoms with Crippen molar-refractivity contribution in [3.8, 4) is 23.7 Å². The van der Waals surface area contributed by atoms with Crippen LogP contribution in [0.15, 0.2) is 48.5 Å². The highest BCUT2D eigenvalue weighted by Gasteiger charge is 2.36. The number of aromatic nitrogens is 2. The highest BCUT2D eigenvalue weighted by atomic mass is 19.1. The van der Waals surface area contributed by atoms with Crippen LogP contribution in [-0.4, -0.2) is 82.9 Å². The van der Waals surface area contributed by atoms with Crippen LogP contribution in [-0.2, 0) is 17.8 Å². The van der Waals surface area contributed by atoms with Crippen LogP contribution in [0.25, 0.3) is 0 Å². The number of carbonyl (C=O) groups excluding carboxylic acids is 1. The molecule has 12 heteroatoms. The fourth-order valence-corrected chi connectivity index (χ4v) is 6.32. The molecule has 0 radical (unpaired) electrons. The standard InChI is InChI=1S/C33H37FN6O5/c1-38-16-6-9-24(38)21-43-32-36-30(25-12-13-28(45-31(25)37-32)29-26(34)10-5-11-27(29)41)39-17-18-40(23(19-39)14-15-35)33(42)44-20-22-7-3-2-4-8-22/h2-5,7-8,10-11,23-24,28,41H,6,9,12-14,16-21H2,1H3/t23?,24-,28?/m0/s1. The van der Waals surface area contributed by atoms with Gasteiger partial charge in [0.1, 0.15) is 36.7 Å². The van der Waals surface area contributed by atoms with E-state index in [0.717, 1.165) is 30.5 Å². The number of carbonyl (C=O) groups is 1. The largest absolute Gasteiger partial charge is 0.507 e. The van der Waals surface area contributed by atoms with Gasteiger partial charge in [-0.1, -0.05) is 36.4 Å². The van der Waals surface area contributed by atoms with Gasteiger partial charge in [-0.05, 0) is 57.0 Å². The quantitative estimate of drug-likeness (QED) is 0.384. The second-order valence-electron chi connectivity index (χ2n) is 11.7. The first-order valence-electron chi connectivity index (χ1n) is 15.4. The molecule has 11 nitrogen and oxygen atoms in total. The van der Waals surface area contributed by atoms with Crippen molar-refractivity contribution >= 4 is 11.9 Å². The number of piperazine rings is 1. The first-order valence-corrected chi connectivity index (χ1v) is 15.4. The molecule has 2 fully saturated rings. The molecule has 0 aliphatic carbocycles. The molecule has 6 rings (SSSR count). The summed E-state index contributed by atoms with van der Waals surface area (Å²) < 4.78 is 32.7. The highest BCUT2D eigenvalue weighted by Crippen LogP contribution is 2.42. The number of nitriles is 1. The zero-order valence-corrected chi connectivity index (χ0v) is 25.3. The van der Waals surface area contributed by atoms with Crippen molar-refractivity contribution in [1.29, 1.82) is 5.26 Å². The Morgan fingerprint density at radius 2 is 1.96 bits per heavy atom. The molecule has 0 saturated carbocycles. The molecule has 1 N–H and O–H groups in total. The summed E-state index contributed by atoms with van der Waals surface area (Å²) in [6.07, 6.45) is 1.89. The maximum atomic E-state index is 14.8. The predicted molar refractivity (Wildman–Crippen MR) is 162 cm³/mol. The van der Waals surface area contributed by atoms with E-state index < -0.39 is 24.1 Å². The number of anilines is 1. The first kappa shape index (κ1) is 30.4. The minimum atomic E-state index is -0.738. The van der Waals surface area contributed by atoms with Gasteiger partial charge < -0.3 is 34.0 Å². The van der Waals surface area contributed by atoms with Crippen LogP contribution >= 0.6 is 0 Å². The number of amides is 1. The molecule has 4 heterocycles. The van der Waals surface area contributed by atoms with Gasteiger partial charge in [-0.3, -0.25) is 0 Å². The molecule has 3 aliphatic rings. The van der Waals surface area contributed by atoms with E-state index in [-0.39, 0.29) is 42.3 Å². The van der Waals surface area contributed by atoms with E-state index in [1.165, 1.54) is 18.2 Å². The number of hydrogen-bond donors (Lipinski definition) is 1. The Balaban J connectivity index is 1.25. The Hall–Kier alpha value is -4.63. The Morgan fingerprint density at radius 1 is 1.11 bits per heavy atom. The second kappa shape index (κ2) is 13.6. The topological polar surface area (TPSA) is 124 Å². The van der Waals surface area contributed by atoms with Crippen molar-refractivity contribution in [3.63, 3.8) is 0 Å². The fourth-order valence-electron chi connectivity index (χ4n) is 6.32. The molecule has 236 valence electrons. The van der Waals surface area contributed by atoms with Crippen LogP contribution in [0.5, 0.6) is 17.6 Å². The lowest BCUT2D eigenvalue weighted by molar-refractivity contribution is 0.0766. The van der Waals surface area contributed by atoms with E-state index in [1.54, 1.807) is 4.90 Å². The molecule has 3 aliphatic heterocycles. The average molecular weight is 617 g/mol. The van der Waals surface area contributed by atoms with Crippen molar-refractivity contribution in [2.45, 2.75) is 56.9 Å². The average Bonchev–Trinajstić information content (AvgIpc) is 3.47. The number of halogens is 1. The molecule has 3 aromatic rings. The smallest absolute Gasteiger partial charge is 0.410 e. The molecule has 2 aromatic carbocycles. The van der Waals surface area contributed by atoms with Crippen molar-refractivity contribution in [2.24, 2.45) is 0 Å². The number of benzene rings is 2. The summed E-state index contributed by atoms with van der Waals surface area (Å²) in [6.45, 7) is 2.66. The Morgan fingerprint density at radius 3 is 2.71 bits per heavy atom. The lowest BCUT2D eigenvalue weighted by Crippen LogP contribution is -2.55. The summed E-state index contributed by atoms with van der Waals surface area (Å²) in [5.41, 5.74) is 1.71. The fraction of sp³-hybridized carbons (Fsp3) is 0.455. The molecule has 2 unspecified atom stereocenters. The third-order valence-electron chi connectivity index (χ3n) is 8.81. The number of rotatable bonds is 8. The molecule has 0 spiro atoms. The maximum absolute atomic E-state index is 14.8. The van der Waals surface area contributed by atoms with E-state index in [0.29, 0.717) is 44.9 Å². The lowest BCUT2D eigenvalue weighted by Gasteiger charge is -2.41. The predicted octanol–water partition coefficient (Wildman–Crippen LogP) is 4.60. The van der Waals surface area contributed by atoms with Crippen molar-refractivity contribution in [2.75, 3.05) is 44.7 Å². The van der Waals surface area contributed by atoms with Gasteiger partial charge in [-0.2, -0.15) is 15.2 Å². The van der Waals surface area contributed by atoms with Gasteiger partial charge in [0.15, 0.2) is 0 Å². The summed E-state index contributed by atoms with van der Waals surface area (Å²) in [5, 5.41) is 20.1. The molecular weight excluding hydrogens is 579 g/mol. The van der Waals surface area contributed by atoms with Gasteiger partial charge in [-0.15, -0.1) is 0 Å². The van der Waals surface area contributed by atoms with Gasteiger partial charge in [0.05, 0.1) is 29.7 Å². The molecular formula is C33H37FN6O5. The van der Waals surface area contributed by atoms with E-state index in [4.69, 9.17) is 19.2 Å². The maximum Gasteiger partial charge on any atom is 0.410 e. The zero-order chi connectivity index (χ0) is 31.3. The summed E-state index contributed by atoms with van der Waals surface area (Å²) in [4.78, 5) is 28.4. The van der Waals surface area contributed by atoms with E-state index in [9.17, 15) is 19.6 Å². The van der Waals surface area contributed by atoms with Crippen LogP contribution in [0.2, 0.25) is 0 Å². The third kappa shape index (κ3) is 6.73. The second-order valence-corrected chi connectivity index (χ2v) is 11.7. The number of aromatic hydroxyl groups is 1. The van der Waals surface area contributed by atoms with Crippen molar-refractivity contribution < 1.29 is 28.5 Å². The first-order chi connectivity index (χ1) is 21.9. The molecule has 3 atom stereocenters. The molecule has 1 aromatic heterocycles. The van der Waals surface area contributed by atoms with Crippen LogP contribution < -0.4 is 14.4 Å². The van der Waals surface area contributed by atoms with Gasteiger partial charge >= 0.3 is 12.1 Å². The van der Waals surface area contributed by atoms with E-state index >= 15 is 0 Å². The number of likely N-dealkylation sites (tertiary alicyclic amines) is 1. The molecule has 1 amide bonds. The molecule has 2 saturated heterocycles. The SMILES string of the molecule is CN1CCC[C@H]1COc1nc2c(c(N3CCN(C(=O)OCc4ccccc4)C(CC#N)C3)n1)CCC(c1c(O)cccc1F)O2. The number of hydrogen-bond acceptors (Lipinski definition) is 10. The number of phenolic OH excluding ortho intramolecular Hbond substituents is 1. The van der Waals surface area contributed by atoms with Gasteiger partial charge in [-0.25, -0.2) is 9.18 Å². The van der Waals surface area contributed by atoms with Crippen LogP contribution in [0.3, 0.4) is 0 Å². The zero-order valence-electron chi connectivity index (χ0n) is 25.3. The van der Waals surface area contributed by atoms with E-state index in [1.807, 2.05) is 35.2 Å². The summed E-state index contributed by atoms with van der Waals surface area (Å²) in [7, 11) is 2.06.